The summed E-state index contributed by atoms with van der Waals surface area (Å²) < 4.78 is 0. The van der Waals surface area contributed by atoms with Crippen molar-refractivity contribution < 1.29 is 19.3 Å². The third kappa shape index (κ3) is 4.45. The first-order chi connectivity index (χ1) is 14.1. The minimum atomic E-state index is -0.702. The van der Waals surface area contributed by atoms with Gasteiger partial charge in [-0.25, -0.2) is 4.79 Å². The lowest BCUT2D eigenvalue weighted by atomic mass is 9.98. The highest BCUT2D eigenvalue weighted by atomic mass is 16.2. The number of urea groups is 1. The number of hydrogen-bond acceptors (Lipinski definition) is 3. The molecule has 1 saturated carbocycles. The van der Waals surface area contributed by atoms with Crippen LogP contribution in [-0.4, -0.2) is 47.9 Å². The molecule has 2 aliphatic heterocycles. The monoisotopic (exact) mass is 399 g/mol. The van der Waals surface area contributed by atoms with Gasteiger partial charge in [-0.3, -0.25) is 14.5 Å². The third-order valence-corrected chi connectivity index (χ3v) is 6.54. The molecule has 4 amide bonds. The van der Waals surface area contributed by atoms with E-state index in [1.807, 2.05) is 0 Å². The van der Waals surface area contributed by atoms with Gasteiger partial charge in [0.1, 0.15) is 12.1 Å². The number of hydrogen-bond donors (Lipinski definition) is 3. The van der Waals surface area contributed by atoms with Crippen molar-refractivity contribution in [2.45, 2.75) is 63.6 Å². The second-order valence-corrected chi connectivity index (χ2v) is 8.65. The first kappa shape index (κ1) is 19.9. The maximum Gasteiger partial charge on any atom is 0.325 e. The number of nitrogens with zero attached hydrogens (tertiary/aromatic N) is 1. The zero-order valence-corrected chi connectivity index (χ0v) is 17.0. The molecule has 156 valence electrons. The molecule has 3 aliphatic rings. The summed E-state index contributed by atoms with van der Waals surface area (Å²) in [5.74, 6) is -0.313. The molecule has 2 saturated heterocycles. The van der Waals surface area contributed by atoms with E-state index >= 15 is 0 Å². The average molecular weight is 400 g/mol. The average Bonchev–Trinajstić information content (AvgIpc) is 3.44. The molecule has 1 aromatic carbocycles. The van der Waals surface area contributed by atoms with Crippen LogP contribution in [0, 0.1) is 0 Å². The standard InChI is InChI=1S/C22H30N4O3/c27-19(9-14-26-20(28)22(24-21(26)29)10-1-2-11-22)23-15-17-5-7-18(8-6-17)16-25-12-3-4-13-25/h5-8H,1-4,9-16H2,(H,23,27)(H,24,29)/p+1. The lowest BCUT2D eigenvalue weighted by Gasteiger charge is -2.19. The Labute approximate surface area is 171 Å². The zero-order chi connectivity index (χ0) is 20.3. The van der Waals surface area contributed by atoms with E-state index in [4.69, 9.17) is 0 Å². The molecule has 1 spiro atoms. The Morgan fingerprint density at radius 3 is 2.38 bits per heavy atom. The van der Waals surface area contributed by atoms with Gasteiger partial charge in [-0.2, -0.15) is 0 Å². The van der Waals surface area contributed by atoms with Gasteiger partial charge in [-0.15, -0.1) is 0 Å². The third-order valence-electron chi connectivity index (χ3n) is 6.54. The molecule has 1 aliphatic carbocycles. The quantitative estimate of drug-likeness (QED) is 0.592. The number of imide groups is 1. The molecule has 0 radical (unpaired) electrons. The second-order valence-electron chi connectivity index (χ2n) is 8.65. The van der Waals surface area contributed by atoms with Crippen molar-refractivity contribution in [3.8, 4) is 0 Å². The van der Waals surface area contributed by atoms with E-state index < -0.39 is 5.54 Å². The van der Waals surface area contributed by atoms with Gasteiger partial charge in [0.2, 0.25) is 5.91 Å². The van der Waals surface area contributed by atoms with Crippen LogP contribution < -0.4 is 15.5 Å². The van der Waals surface area contributed by atoms with E-state index in [0.717, 1.165) is 24.9 Å². The topological polar surface area (TPSA) is 83.0 Å². The Hall–Kier alpha value is -2.41. The maximum atomic E-state index is 12.6. The second kappa shape index (κ2) is 8.53. The highest BCUT2D eigenvalue weighted by Crippen LogP contribution is 2.34. The highest BCUT2D eigenvalue weighted by molar-refractivity contribution is 6.07. The Morgan fingerprint density at radius 1 is 1.03 bits per heavy atom. The van der Waals surface area contributed by atoms with Crippen LogP contribution in [0.5, 0.6) is 0 Å². The van der Waals surface area contributed by atoms with E-state index in [9.17, 15) is 14.4 Å². The summed E-state index contributed by atoms with van der Waals surface area (Å²) in [5.41, 5.74) is 1.68. The van der Waals surface area contributed by atoms with E-state index in [1.165, 1.54) is 36.4 Å². The molecular weight excluding hydrogens is 368 g/mol. The summed E-state index contributed by atoms with van der Waals surface area (Å²) in [6.07, 6.45) is 6.10. The Bertz CT molecular complexity index is 765. The number of rotatable bonds is 7. The van der Waals surface area contributed by atoms with Gasteiger partial charge < -0.3 is 15.5 Å². The Morgan fingerprint density at radius 2 is 1.69 bits per heavy atom. The van der Waals surface area contributed by atoms with Crippen molar-refractivity contribution in [2.24, 2.45) is 0 Å². The van der Waals surface area contributed by atoms with Crippen molar-refractivity contribution in [3.63, 3.8) is 0 Å². The van der Waals surface area contributed by atoms with E-state index in [0.29, 0.717) is 19.4 Å². The summed E-state index contributed by atoms with van der Waals surface area (Å²) in [5, 5.41) is 5.74. The van der Waals surface area contributed by atoms with E-state index in [2.05, 4.69) is 34.9 Å². The first-order valence-corrected chi connectivity index (χ1v) is 10.9. The fourth-order valence-electron chi connectivity index (χ4n) is 4.81. The van der Waals surface area contributed by atoms with Crippen LogP contribution in [0.25, 0.3) is 0 Å². The minimum absolute atomic E-state index is 0.131. The molecule has 3 N–H and O–H groups in total. The normalized spacial score (nSPS) is 21.2. The summed E-state index contributed by atoms with van der Waals surface area (Å²) in [6, 6.07) is 8.04. The molecule has 7 nitrogen and oxygen atoms in total. The molecule has 0 atom stereocenters. The lowest BCUT2D eigenvalue weighted by molar-refractivity contribution is -0.901. The first-order valence-electron chi connectivity index (χ1n) is 10.9. The highest BCUT2D eigenvalue weighted by Gasteiger charge is 2.52. The minimum Gasteiger partial charge on any atom is -0.352 e. The number of nitrogens with one attached hydrogen (secondary N) is 3. The zero-order valence-electron chi connectivity index (χ0n) is 17.0. The Kier molecular flexibility index (Phi) is 5.85. The van der Waals surface area contributed by atoms with E-state index in [-0.39, 0.29) is 30.8 Å². The van der Waals surface area contributed by atoms with Crippen LogP contribution in [0.15, 0.2) is 24.3 Å². The van der Waals surface area contributed by atoms with Gasteiger partial charge in [0, 0.05) is 37.9 Å². The van der Waals surface area contributed by atoms with Crippen molar-refractivity contribution in [1.29, 1.82) is 0 Å². The predicted octanol–water partition coefficient (Wildman–Crippen LogP) is 0.736. The summed E-state index contributed by atoms with van der Waals surface area (Å²) >= 11 is 0. The number of carbonyl (C=O) groups excluding carboxylic acids is 3. The van der Waals surface area contributed by atoms with Crippen LogP contribution in [0.2, 0.25) is 0 Å². The fourth-order valence-corrected chi connectivity index (χ4v) is 4.81. The molecule has 2 heterocycles. The summed E-state index contributed by atoms with van der Waals surface area (Å²) in [7, 11) is 0. The van der Waals surface area contributed by atoms with Gasteiger partial charge in [-0.05, 0) is 18.4 Å². The molecule has 7 heteroatoms. The fraction of sp³-hybridized carbons (Fsp3) is 0.591. The number of carbonyl (C=O) groups is 3. The molecule has 0 aromatic heterocycles. The Balaban J connectivity index is 1.21. The van der Waals surface area contributed by atoms with Crippen LogP contribution in [0.1, 0.15) is 56.1 Å². The van der Waals surface area contributed by atoms with Crippen LogP contribution in [0.3, 0.4) is 0 Å². The number of quaternary nitrogens is 1. The number of likely N-dealkylation sites (tertiary alicyclic amines) is 1. The van der Waals surface area contributed by atoms with E-state index in [1.54, 1.807) is 4.90 Å². The smallest absolute Gasteiger partial charge is 0.325 e. The van der Waals surface area contributed by atoms with Crippen LogP contribution in [-0.2, 0) is 22.7 Å². The van der Waals surface area contributed by atoms with Crippen LogP contribution in [0.4, 0.5) is 4.79 Å². The van der Waals surface area contributed by atoms with Gasteiger partial charge in [0.15, 0.2) is 0 Å². The van der Waals surface area contributed by atoms with Crippen molar-refractivity contribution in [3.05, 3.63) is 35.4 Å². The molecule has 0 bridgehead atoms. The molecule has 4 rings (SSSR count). The van der Waals surface area contributed by atoms with Gasteiger partial charge in [0.05, 0.1) is 13.1 Å². The van der Waals surface area contributed by atoms with Crippen molar-refractivity contribution >= 4 is 17.8 Å². The van der Waals surface area contributed by atoms with Crippen molar-refractivity contribution in [2.75, 3.05) is 19.6 Å². The van der Waals surface area contributed by atoms with Gasteiger partial charge >= 0.3 is 6.03 Å². The maximum absolute atomic E-state index is 12.6. The van der Waals surface area contributed by atoms with Crippen LogP contribution >= 0.6 is 0 Å². The summed E-state index contributed by atoms with van der Waals surface area (Å²) in [6.45, 7) is 4.18. The molecule has 29 heavy (non-hydrogen) atoms. The number of benzene rings is 1. The number of amides is 4. The lowest BCUT2D eigenvalue weighted by Crippen LogP contribution is -3.08. The molecule has 3 fully saturated rings. The van der Waals surface area contributed by atoms with Crippen molar-refractivity contribution in [1.82, 2.24) is 15.5 Å². The largest absolute Gasteiger partial charge is 0.352 e. The van der Waals surface area contributed by atoms with Gasteiger partial charge in [-0.1, -0.05) is 37.1 Å². The molecular formula is C22H31N4O3+. The SMILES string of the molecule is O=C(CCN1C(=O)NC2(CCCC2)C1=O)NCc1ccc(C[NH+]2CCCC2)cc1. The molecule has 1 aromatic rings. The van der Waals surface area contributed by atoms with Gasteiger partial charge in [0.25, 0.3) is 5.91 Å². The molecule has 0 unspecified atom stereocenters. The predicted molar refractivity (Wildman–Crippen MR) is 108 cm³/mol. The summed E-state index contributed by atoms with van der Waals surface area (Å²) in [4.78, 5) is 39.8.